The Morgan fingerprint density at radius 1 is 1.47 bits per heavy atom. The molecule has 5 heteroatoms. The summed E-state index contributed by atoms with van der Waals surface area (Å²) in [5, 5.41) is 15.7. The number of carbonyl (C=O) groups is 2. The van der Waals surface area contributed by atoms with Crippen molar-refractivity contribution in [2.45, 2.75) is 31.7 Å². The number of hydrogen-bond acceptors (Lipinski definition) is 3. The van der Waals surface area contributed by atoms with Gasteiger partial charge in [0, 0.05) is 6.04 Å². The molecule has 17 heavy (non-hydrogen) atoms. The monoisotopic (exact) mass is 253 g/mol. The molecule has 2 rings (SSSR count). The molecular formula is C12H15NO3S. The Morgan fingerprint density at radius 2 is 2.29 bits per heavy atom. The van der Waals surface area contributed by atoms with Gasteiger partial charge >= 0.3 is 5.97 Å². The molecule has 1 aliphatic rings. The maximum absolute atomic E-state index is 11.7. The summed E-state index contributed by atoms with van der Waals surface area (Å²) in [4.78, 5) is 22.5. The van der Waals surface area contributed by atoms with E-state index in [0.717, 1.165) is 12.0 Å². The first-order valence-electron chi connectivity index (χ1n) is 5.68. The summed E-state index contributed by atoms with van der Waals surface area (Å²) in [5.41, 5.74) is 1.01. The van der Waals surface area contributed by atoms with Crippen molar-refractivity contribution in [2.75, 3.05) is 0 Å². The van der Waals surface area contributed by atoms with Gasteiger partial charge < -0.3 is 10.4 Å². The zero-order valence-corrected chi connectivity index (χ0v) is 10.2. The van der Waals surface area contributed by atoms with E-state index in [4.69, 9.17) is 5.11 Å². The lowest BCUT2D eigenvalue weighted by atomic mass is 10.1. The molecule has 1 amide bonds. The van der Waals surface area contributed by atoms with Crippen LogP contribution in [0, 0.1) is 5.92 Å². The molecule has 1 saturated carbocycles. The number of hydrogen-bond donors (Lipinski definition) is 2. The minimum Gasteiger partial charge on any atom is -0.481 e. The van der Waals surface area contributed by atoms with Crippen molar-refractivity contribution in [2.24, 2.45) is 5.92 Å². The zero-order valence-electron chi connectivity index (χ0n) is 9.39. The normalized spacial score (nSPS) is 23.5. The Kier molecular flexibility index (Phi) is 3.78. The largest absolute Gasteiger partial charge is 0.481 e. The van der Waals surface area contributed by atoms with Crippen LogP contribution in [0.1, 0.15) is 24.8 Å². The molecule has 1 fully saturated rings. The van der Waals surface area contributed by atoms with Crippen LogP contribution in [0.2, 0.25) is 0 Å². The highest BCUT2D eigenvalue weighted by atomic mass is 32.1. The van der Waals surface area contributed by atoms with Crippen LogP contribution in [-0.2, 0) is 16.0 Å². The number of thiophene rings is 1. The van der Waals surface area contributed by atoms with E-state index in [1.165, 1.54) is 0 Å². The molecule has 0 aliphatic heterocycles. The number of carbonyl (C=O) groups excluding carboxylic acids is 1. The Hall–Kier alpha value is -1.36. The van der Waals surface area contributed by atoms with E-state index in [9.17, 15) is 9.59 Å². The summed E-state index contributed by atoms with van der Waals surface area (Å²) >= 11 is 1.57. The number of carboxylic acids is 1. The van der Waals surface area contributed by atoms with E-state index >= 15 is 0 Å². The fourth-order valence-electron chi connectivity index (χ4n) is 2.19. The van der Waals surface area contributed by atoms with Gasteiger partial charge in [0.05, 0.1) is 12.3 Å². The molecule has 4 nitrogen and oxygen atoms in total. The summed E-state index contributed by atoms with van der Waals surface area (Å²) in [7, 11) is 0. The topological polar surface area (TPSA) is 66.4 Å². The number of carboxylic acid groups (broad SMARTS) is 1. The molecule has 1 heterocycles. The molecule has 0 spiro atoms. The standard InChI is InChI=1S/C12H15NO3S/c14-11(5-8-3-4-17-7-8)13-10-2-1-9(6-10)12(15)16/h3-4,7,9-10H,1-2,5-6H2,(H,13,14)(H,15,16)/t9-,10+/m1/s1. The predicted octanol–water partition coefficient (Wildman–Crippen LogP) is 1.66. The van der Waals surface area contributed by atoms with Crippen molar-refractivity contribution in [1.29, 1.82) is 0 Å². The highest BCUT2D eigenvalue weighted by Gasteiger charge is 2.30. The third kappa shape index (κ3) is 3.30. The molecule has 1 aromatic heterocycles. The lowest BCUT2D eigenvalue weighted by Crippen LogP contribution is -2.34. The second-order valence-corrected chi connectivity index (χ2v) is 5.20. The summed E-state index contributed by atoms with van der Waals surface area (Å²) < 4.78 is 0. The Balaban J connectivity index is 1.78. The van der Waals surface area contributed by atoms with Crippen LogP contribution in [0.15, 0.2) is 16.8 Å². The van der Waals surface area contributed by atoms with Gasteiger partial charge in [-0.25, -0.2) is 0 Å². The Labute approximate surface area is 104 Å². The SMILES string of the molecule is O=C(Cc1ccsc1)N[C@H]1CC[C@@H](C(=O)O)C1. The number of amides is 1. The van der Waals surface area contributed by atoms with Crippen LogP contribution in [0.25, 0.3) is 0 Å². The van der Waals surface area contributed by atoms with Crippen LogP contribution in [0.3, 0.4) is 0 Å². The molecule has 1 aromatic rings. The fraction of sp³-hybridized carbons (Fsp3) is 0.500. The lowest BCUT2D eigenvalue weighted by Gasteiger charge is -2.11. The van der Waals surface area contributed by atoms with Gasteiger partial charge in [0.1, 0.15) is 0 Å². The molecule has 2 atom stereocenters. The summed E-state index contributed by atoms with van der Waals surface area (Å²) in [5.74, 6) is -1.06. The third-order valence-electron chi connectivity index (χ3n) is 3.09. The first-order chi connectivity index (χ1) is 8.15. The van der Waals surface area contributed by atoms with Gasteiger partial charge in [-0.1, -0.05) is 0 Å². The van der Waals surface area contributed by atoms with E-state index in [0.29, 0.717) is 19.3 Å². The Bertz CT molecular complexity index is 402. The summed E-state index contributed by atoms with van der Waals surface area (Å²) in [6.07, 6.45) is 2.38. The number of rotatable bonds is 4. The molecule has 0 radical (unpaired) electrons. The van der Waals surface area contributed by atoms with E-state index in [-0.39, 0.29) is 17.9 Å². The highest BCUT2D eigenvalue weighted by Crippen LogP contribution is 2.25. The van der Waals surface area contributed by atoms with Crippen LogP contribution >= 0.6 is 11.3 Å². The van der Waals surface area contributed by atoms with Crippen molar-refractivity contribution in [3.63, 3.8) is 0 Å². The number of aliphatic carboxylic acids is 1. The van der Waals surface area contributed by atoms with Crippen LogP contribution in [-0.4, -0.2) is 23.0 Å². The summed E-state index contributed by atoms with van der Waals surface area (Å²) in [6, 6.07) is 1.96. The van der Waals surface area contributed by atoms with Gasteiger partial charge in [-0.15, -0.1) is 0 Å². The van der Waals surface area contributed by atoms with E-state index in [2.05, 4.69) is 5.32 Å². The van der Waals surface area contributed by atoms with Gasteiger partial charge in [0.2, 0.25) is 5.91 Å². The van der Waals surface area contributed by atoms with E-state index in [1.54, 1.807) is 11.3 Å². The van der Waals surface area contributed by atoms with Crippen LogP contribution in [0.5, 0.6) is 0 Å². The highest BCUT2D eigenvalue weighted by molar-refractivity contribution is 7.07. The second-order valence-electron chi connectivity index (χ2n) is 4.42. The second kappa shape index (κ2) is 5.31. The van der Waals surface area contributed by atoms with Crippen molar-refractivity contribution in [3.8, 4) is 0 Å². The molecule has 92 valence electrons. The lowest BCUT2D eigenvalue weighted by molar-refractivity contribution is -0.141. The Morgan fingerprint density at radius 3 is 2.88 bits per heavy atom. The minimum absolute atomic E-state index is 0.0144. The quantitative estimate of drug-likeness (QED) is 0.857. The first-order valence-corrected chi connectivity index (χ1v) is 6.62. The van der Waals surface area contributed by atoms with Crippen molar-refractivity contribution < 1.29 is 14.7 Å². The van der Waals surface area contributed by atoms with Gasteiger partial charge in [-0.3, -0.25) is 9.59 Å². The van der Waals surface area contributed by atoms with Crippen molar-refractivity contribution >= 4 is 23.2 Å². The van der Waals surface area contributed by atoms with Crippen LogP contribution in [0.4, 0.5) is 0 Å². The zero-order chi connectivity index (χ0) is 12.3. The molecule has 0 bridgehead atoms. The average molecular weight is 253 g/mol. The molecule has 0 aromatic carbocycles. The van der Waals surface area contributed by atoms with Gasteiger partial charge in [-0.2, -0.15) is 11.3 Å². The number of nitrogens with one attached hydrogen (secondary N) is 1. The summed E-state index contributed by atoms with van der Waals surface area (Å²) in [6.45, 7) is 0. The van der Waals surface area contributed by atoms with Gasteiger partial charge in [0.25, 0.3) is 0 Å². The molecule has 2 N–H and O–H groups in total. The maximum Gasteiger partial charge on any atom is 0.306 e. The minimum atomic E-state index is -0.750. The van der Waals surface area contributed by atoms with E-state index in [1.807, 2.05) is 16.8 Å². The first kappa shape index (κ1) is 12.1. The van der Waals surface area contributed by atoms with Crippen molar-refractivity contribution in [3.05, 3.63) is 22.4 Å². The molecular weight excluding hydrogens is 238 g/mol. The predicted molar refractivity (Wildman–Crippen MR) is 64.9 cm³/mol. The van der Waals surface area contributed by atoms with Gasteiger partial charge in [-0.05, 0) is 41.7 Å². The van der Waals surface area contributed by atoms with E-state index < -0.39 is 5.97 Å². The molecule has 0 unspecified atom stereocenters. The third-order valence-corrected chi connectivity index (χ3v) is 3.82. The average Bonchev–Trinajstić information content (AvgIpc) is 2.88. The fourth-order valence-corrected chi connectivity index (χ4v) is 2.86. The van der Waals surface area contributed by atoms with Gasteiger partial charge in [0.15, 0.2) is 0 Å². The molecule has 0 saturated heterocycles. The van der Waals surface area contributed by atoms with Crippen LogP contribution < -0.4 is 5.32 Å². The maximum atomic E-state index is 11.7. The van der Waals surface area contributed by atoms with Crippen molar-refractivity contribution in [1.82, 2.24) is 5.32 Å². The molecule has 1 aliphatic carbocycles. The smallest absolute Gasteiger partial charge is 0.306 e.